The molecule has 0 amide bonds. The summed E-state index contributed by atoms with van der Waals surface area (Å²) in [6.45, 7) is 0.0758. The van der Waals surface area contributed by atoms with E-state index in [1.165, 1.54) is 36.2 Å². The molecule has 0 unspecified atom stereocenters. The summed E-state index contributed by atoms with van der Waals surface area (Å²) in [6, 6.07) is 4.17. The van der Waals surface area contributed by atoms with E-state index in [9.17, 15) is 14.9 Å². The van der Waals surface area contributed by atoms with Crippen LogP contribution in [0, 0.1) is 10.1 Å². The molecular formula is C12H9BrClN3O4. The van der Waals surface area contributed by atoms with Gasteiger partial charge < -0.3 is 4.74 Å². The summed E-state index contributed by atoms with van der Waals surface area (Å²) in [6.07, 6.45) is 1.27. The maximum Gasteiger partial charge on any atom is 0.270 e. The number of nitro groups is 1. The molecule has 0 fully saturated rings. The Bertz CT molecular complexity index is 763. The Morgan fingerprint density at radius 3 is 2.86 bits per heavy atom. The highest BCUT2D eigenvalue weighted by atomic mass is 79.9. The summed E-state index contributed by atoms with van der Waals surface area (Å²) >= 11 is 8.78. The van der Waals surface area contributed by atoms with Gasteiger partial charge in [0.15, 0.2) is 5.15 Å². The number of ether oxygens (including phenoxy) is 1. The maximum absolute atomic E-state index is 12.0. The van der Waals surface area contributed by atoms with Crippen LogP contribution in [0.4, 0.5) is 5.69 Å². The number of methoxy groups -OCH3 is 1. The van der Waals surface area contributed by atoms with Gasteiger partial charge in [0.25, 0.3) is 11.2 Å². The highest BCUT2D eigenvalue weighted by Gasteiger charge is 2.14. The van der Waals surface area contributed by atoms with Crippen LogP contribution in [0.3, 0.4) is 0 Å². The fourth-order valence-corrected chi connectivity index (χ4v) is 2.20. The van der Waals surface area contributed by atoms with E-state index in [0.717, 1.165) is 0 Å². The smallest absolute Gasteiger partial charge is 0.270 e. The van der Waals surface area contributed by atoms with Crippen LogP contribution in [0.25, 0.3) is 0 Å². The molecule has 1 aromatic carbocycles. The minimum Gasteiger partial charge on any atom is -0.496 e. The zero-order valence-corrected chi connectivity index (χ0v) is 13.1. The standard InChI is InChI=1S/C12H9BrClN3O4/c1-21-9-3-2-8(17(19)20)4-7(9)5-16-6-15-11(14)10(13)12(16)18/h2-4,6H,5H2,1H3. The number of nitrogens with zero attached hydrogens (tertiary/aromatic N) is 3. The van der Waals surface area contributed by atoms with E-state index in [1.54, 1.807) is 0 Å². The molecule has 0 saturated carbocycles. The van der Waals surface area contributed by atoms with Gasteiger partial charge in [-0.25, -0.2) is 4.98 Å². The van der Waals surface area contributed by atoms with Crippen LogP contribution in [0.2, 0.25) is 5.15 Å². The summed E-state index contributed by atoms with van der Waals surface area (Å²) in [5.41, 5.74) is 0.0215. The van der Waals surface area contributed by atoms with Crippen molar-refractivity contribution in [3.8, 4) is 5.75 Å². The first-order valence-electron chi connectivity index (χ1n) is 5.65. The molecule has 0 aliphatic rings. The maximum atomic E-state index is 12.0. The average Bonchev–Trinajstić information content (AvgIpc) is 2.47. The third-order valence-electron chi connectivity index (χ3n) is 2.76. The summed E-state index contributed by atoms with van der Waals surface area (Å²) in [5.74, 6) is 0.443. The molecule has 110 valence electrons. The molecule has 1 heterocycles. The lowest BCUT2D eigenvalue weighted by atomic mass is 10.1. The Balaban J connectivity index is 2.48. The topological polar surface area (TPSA) is 87.3 Å². The molecule has 21 heavy (non-hydrogen) atoms. The molecule has 0 bridgehead atoms. The van der Waals surface area contributed by atoms with Gasteiger partial charge in [0.1, 0.15) is 10.2 Å². The van der Waals surface area contributed by atoms with Crippen LogP contribution < -0.4 is 10.3 Å². The van der Waals surface area contributed by atoms with Gasteiger partial charge in [-0.3, -0.25) is 19.5 Å². The van der Waals surface area contributed by atoms with Gasteiger partial charge in [0, 0.05) is 17.7 Å². The molecule has 0 aliphatic heterocycles. The van der Waals surface area contributed by atoms with Crippen molar-refractivity contribution < 1.29 is 9.66 Å². The number of hydrogen-bond donors (Lipinski definition) is 0. The summed E-state index contributed by atoms with van der Waals surface area (Å²) in [4.78, 5) is 26.2. The van der Waals surface area contributed by atoms with Crippen LogP contribution in [-0.4, -0.2) is 21.6 Å². The molecule has 2 rings (SSSR count). The number of halogens is 2. The first kappa shape index (κ1) is 15.5. The number of non-ortho nitro benzene ring substituents is 1. The van der Waals surface area contributed by atoms with Gasteiger partial charge >= 0.3 is 0 Å². The van der Waals surface area contributed by atoms with E-state index in [2.05, 4.69) is 20.9 Å². The van der Waals surface area contributed by atoms with E-state index in [-0.39, 0.29) is 27.4 Å². The highest BCUT2D eigenvalue weighted by molar-refractivity contribution is 9.10. The Kier molecular flexibility index (Phi) is 4.59. The fourth-order valence-electron chi connectivity index (χ4n) is 1.74. The van der Waals surface area contributed by atoms with Gasteiger partial charge in [0.2, 0.25) is 0 Å². The number of rotatable bonds is 4. The molecule has 2 aromatic rings. The Morgan fingerprint density at radius 2 is 2.24 bits per heavy atom. The molecule has 7 nitrogen and oxygen atoms in total. The van der Waals surface area contributed by atoms with E-state index < -0.39 is 4.92 Å². The highest BCUT2D eigenvalue weighted by Crippen LogP contribution is 2.24. The van der Waals surface area contributed by atoms with Crippen molar-refractivity contribution in [1.82, 2.24) is 9.55 Å². The van der Waals surface area contributed by atoms with Crippen LogP contribution in [0.1, 0.15) is 5.56 Å². The third-order valence-corrected chi connectivity index (χ3v) is 3.99. The molecule has 1 aromatic heterocycles. The largest absolute Gasteiger partial charge is 0.496 e. The minimum atomic E-state index is -0.512. The molecule has 9 heteroatoms. The van der Waals surface area contributed by atoms with Crippen molar-refractivity contribution in [3.05, 3.63) is 60.2 Å². The fraction of sp³-hybridized carbons (Fsp3) is 0.167. The second-order valence-corrected chi connectivity index (χ2v) is 5.19. The summed E-state index contributed by atoms with van der Waals surface area (Å²) in [5, 5.41) is 10.9. The number of benzene rings is 1. The first-order chi connectivity index (χ1) is 9.93. The lowest BCUT2D eigenvalue weighted by molar-refractivity contribution is -0.384. The van der Waals surface area contributed by atoms with Crippen molar-refractivity contribution in [2.75, 3.05) is 7.11 Å². The second kappa shape index (κ2) is 6.23. The van der Waals surface area contributed by atoms with E-state index in [1.807, 2.05) is 0 Å². The van der Waals surface area contributed by atoms with E-state index in [4.69, 9.17) is 16.3 Å². The van der Waals surface area contributed by atoms with E-state index >= 15 is 0 Å². The summed E-state index contributed by atoms with van der Waals surface area (Å²) in [7, 11) is 1.45. The Morgan fingerprint density at radius 1 is 1.52 bits per heavy atom. The van der Waals surface area contributed by atoms with Gasteiger partial charge in [0.05, 0.1) is 24.9 Å². The number of nitro benzene ring substituents is 1. The number of hydrogen-bond acceptors (Lipinski definition) is 5. The monoisotopic (exact) mass is 373 g/mol. The molecule has 0 radical (unpaired) electrons. The van der Waals surface area contributed by atoms with Crippen molar-refractivity contribution in [1.29, 1.82) is 0 Å². The lowest BCUT2D eigenvalue weighted by Crippen LogP contribution is -2.22. The Labute approximate surface area is 132 Å². The quantitative estimate of drug-likeness (QED) is 0.466. The summed E-state index contributed by atoms with van der Waals surface area (Å²) < 4.78 is 6.56. The molecule has 0 atom stereocenters. The lowest BCUT2D eigenvalue weighted by Gasteiger charge is -2.10. The van der Waals surface area contributed by atoms with Gasteiger partial charge in [-0.15, -0.1) is 0 Å². The van der Waals surface area contributed by atoms with Crippen LogP contribution >= 0.6 is 27.5 Å². The predicted molar refractivity (Wildman–Crippen MR) is 80.0 cm³/mol. The van der Waals surface area contributed by atoms with Crippen molar-refractivity contribution in [2.24, 2.45) is 0 Å². The van der Waals surface area contributed by atoms with Gasteiger partial charge in [-0.05, 0) is 22.0 Å². The molecular weight excluding hydrogens is 366 g/mol. The number of aromatic nitrogens is 2. The normalized spacial score (nSPS) is 10.4. The second-order valence-electron chi connectivity index (χ2n) is 4.04. The predicted octanol–water partition coefficient (Wildman–Crippen LogP) is 2.62. The SMILES string of the molecule is COc1ccc([N+](=O)[O-])cc1Cn1cnc(Cl)c(Br)c1=O. The van der Waals surface area contributed by atoms with Gasteiger partial charge in [-0.2, -0.15) is 0 Å². The van der Waals surface area contributed by atoms with Crippen molar-refractivity contribution in [3.63, 3.8) is 0 Å². The van der Waals surface area contributed by atoms with E-state index in [0.29, 0.717) is 11.3 Å². The molecule has 0 aliphatic carbocycles. The zero-order valence-electron chi connectivity index (χ0n) is 10.7. The van der Waals surface area contributed by atoms with Crippen LogP contribution in [0.15, 0.2) is 33.8 Å². The molecule has 0 saturated heterocycles. The Hall–Kier alpha value is -1.93. The molecule has 0 N–H and O–H groups in total. The first-order valence-corrected chi connectivity index (χ1v) is 6.83. The molecule has 0 spiro atoms. The van der Waals surface area contributed by atoms with Gasteiger partial charge in [-0.1, -0.05) is 11.6 Å². The van der Waals surface area contributed by atoms with Crippen molar-refractivity contribution in [2.45, 2.75) is 6.54 Å². The average molecular weight is 375 g/mol. The zero-order chi connectivity index (χ0) is 15.6. The minimum absolute atomic E-state index is 0.0576. The van der Waals surface area contributed by atoms with Crippen LogP contribution in [-0.2, 0) is 6.54 Å². The third kappa shape index (κ3) is 3.22. The van der Waals surface area contributed by atoms with Crippen molar-refractivity contribution >= 4 is 33.2 Å². The van der Waals surface area contributed by atoms with Crippen LogP contribution in [0.5, 0.6) is 5.75 Å².